The lowest BCUT2D eigenvalue weighted by Crippen LogP contribution is -2.41. The molecule has 1 amide bonds. The zero-order valence-electron chi connectivity index (χ0n) is 12.6. The van der Waals surface area contributed by atoms with Gasteiger partial charge in [0.25, 0.3) is 5.91 Å². The summed E-state index contributed by atoms with van der Waals surface area (Å²) in [6.45, 7) is 6.15. The molecule has 0 bridgehead atoms. The van der Waals surface area contributed by atoms with E-state index >= 15 is 0 Å². The summed E-state index contributed by atoms with van der Waals surface area (Å²) < 4.78 is 25.1. The molecule has 1 heterocycles. The highest BCUT2D eigenvalue weighted by Crippen LogP contribution is 2.36. The number of fused-ring (bicyclic) bond motifs is 1. The van der Waals surface area contributed by atoms with E-state index in [1.54, 1.807) is 23.9 Å². The number of nitrogens with zero attached hydrogens (tertiary/aromatic N) is 1. The number of benzene rings is 1. The number of thioether (sulfide) groups is 1. The Bertz CT molecular complexity index is 663. The topological polar surface area (TPSA) is 66.5 Å². The average Bonchev–Trinajstić information content (AvgIpc) is 2.34. The van der Waals surface area contributed by atoms with Gasteiger partial charge in [0.2, 0.25) is 10.0 Å². The monoisotopic (exact) mass is 328 g/mol. The fourth-order valence-electron chi connectivity index (χ4n) is 2.09. The van der Waals surface area contributed by atoms with Crippen molar-refractivity contribution in [3.63, 3.8) is 0 Å². The SMILES string of the molecule is CC(C)(C)NC(=O)c1ccc2c(c1)N(S(C)(=O)=O)CCS2. The Morgan fingerprint density at radius 2 is 2.00 bits per heavy atom. The van der Waals surface area contributed by atoms with E-state index in [-0.39, 0.29) is 11.4 Å². The quantitative estimate of drug-likeness (QED) is 0.903. The molecule has 7 heteroatoms. The molecule has 1 aliphatic rings. The third-order valence-electron chi connectivity index (χ3n) is 2.93. The maximum Gasteiger partial charge on any atom is 0.251 e. The van der Waals surface area contributed by atoms with E-state index in [0.717, 1.165) is 4.90 Å². The number of carbonyl (C=O) groups excluding carboxylic acids is 1. The van der Waals surface area contributed by atoms with E-state index in [1.165, 1.54) is 10.6 Å². The van der Waals surface area contributed by atoms with E-state index in [2.05, 4.69) is 5.32 Å². The van der Waals surface area contributed by atoms with Gasteiger partial charge in [0.15, 0.2) is 0 Å². The summed E-state index contributed by atoms with van der Waals surface area (Å²) in [7, 11) is -3.33. The van der Waals surface area contributed by atoms with Crippen LogP contribution in [-0.2, 0) is 10.0 Å². The largest absolute Gasteiger partial charge is 0.347 e. The molecule has 0 aliphatic carbocycles. The first-order valence-electron chi connectivity index (χ1n) is 6.65. The number of rotatable bonds is 2. The molecule has 2 rings (SSSR count). The minimum Gasteiger partial charge on any atom is -0.347 e. The zero-order valence-corrected chi connectivity index (χ0v) is 14.3. The first kappa shape index (κ1) is 16.2. The Balaban J connectivity index is 2.39. The molecule has 0 aromatic heterocycles. The fraction of sp³-hybridized carbons (Fsp3) is 0.500. The molecule has 1 N–H and O–H groups in total. The van der Waals surface area contributed by atoms with Crippen LogP contribution in [0.5, 0.6) is 0 Å². The Kier molecular flexibility index (Phi) is 4.26. The molecule has 1 aromatic carbocycles. The van der Waals surface area contributed by atoms with Crippen LogP contribution in [0.1, 0.15) is 31.1 Å². The number of nitrogens with one attached hydrogen (secondary N) is 1. The number of hydrogen-bond donors (Lipinski definition) is 1. The smallest absolute Gasteiger partial charge is 0.251 e. The summed E-state index contributed by atoms with van der Waals surface area (Å²) in [5, 5.41) is 2.88. The Hall–Kier alpha value is -1.21. The Morgan fingerprint density at radius 3 is 2.57 bits per heavy atom. The van der Waals surface area contributed by atoms with Crippen LogP contribution < -0.4 is 9.62 Å². The van der Waals surface area contributed by atoms with Gasteiger partial charge in [-0.05, 0) is 39.0 Å². The first-order chi connectivity index (χ1) is 9.58. The van der Waals surface area contributed by atoms with Crippen molar-refractivity contribution in [2.75, 3.05) is 22.9 Å². The maximum absolute atomic E-state index is 12.2. The van der Waals surface area contributed by atoms with E-state index in [0.29, 0.717) is 23.5 Å². The Labute approximate surface area is 130 Å². The predicted molar refractivity (Wildman–Crippen MR) is 86.6 cm³/mol. The van der Waals surface area contributed by atoms with Crippen molar-refractivity contribution >= 4 is 33.4 Å². The van der Waals surface area contributed by atoms with Gasteiger partial charge in [-0.3, -0.25) is 9.10 Å². The lowest BCUT2D eigenvalue weighted by atomic mass is 10.1. The lowest BCUT2D eigenvalue weighted by molar-refractivity contribution is 0.0919. The van der Waals surface area contributed by atoms with E-state index in [9.17, 15) is 13.2 Å². The van der Waals surface area contributed by atoms with Gasteiger partial charge < -0.3 is 5.32 Å². The van der Waals surface area contributed by atoms with Gasteiger partial charge >= 0.3 is 0 Å². The minimum atomic E-state index is -3.33. The number of anilines is 1. The van der Waals surface area contributed by atoms with E-state index < -0.39 is 10.0 Å². The molecule has 0 fully saturated rings. The van der Waals surface area contributed by atoms with Crippen molar-refractivity contribution in [1.29, 1.82) is 0 Å². The average molecular weight is 328 g/mol. The standard InChI is InChI=1S/C14H20N2O3S2/c1-14(2,3)15-13(17)10-5-6-12-11(9-10)16(7-8-20-12)21(4,18)19/h5-6,9H,7-8H2,1-4H3,(H,15,17). The second-order valence-electron chi connectivity index (χ2n) is 6.07. The molecule has 0 saturated carbocycles. The second kappa shape index (κ2) is 5.53. The van der Waals surface area contributed by atoms with Crippen molar-refractivity contribution in [2.45, 2.75) is 31.2 Å². The summed E-state index contributed by atoms with van der Waals surface area (Å²) in [5.74, 6) is 0.516. The van der Waals surface area contributed by atoms with E-state index in [4.69, 9.17) is 0 Å². The predicted octanol–water partition coefficient (Wildman–Crippen LogP) is 2.09. The summed E-state index contributed by atoms with van der Waals surface area (Å²) in [6, 6.07) is 5.21. The summed E-state index contributed by atoms with van der Waals surface area (Å²) in [6.07, 6.45) is 1.19. The van der Waals surface area contributed by atoms with Crippen molar-refractivity contribution in [2.24, 2.45) is 0 Å². The molecular weight excluding hydrogens is 308 g/mol. The van der Waals surface area contributed by atoms with Crippen LogP contribution in [0.15, 0.2) is 23.1 Å². The number of carbonyl (C=O) groups is 1. The molecule has 5 nitrogen and oxygen atoms in total. The van der Waals surface area contributed by atoms with E-state index in [1.807, 2.05) is 26.8 Å². The van der Waals surface area contributed by atoms with Gasteiger partial charge in [0.1, 0.15) is 0 Å². The van der Waals surface area contributed by atoms with Crippen molar-refractivity contribution in [3.8, 4) is 0 Å². The summed E-state index contributed by atoms with van der Waals surface area (Å²) >= 11 is 1.60. The van der Waals surface area contributed by atoms with Crippen molar-refractivity contribution in [1.82, 2.24) is 5.32 Å². The normalized spacial score (nSPS) is 15.5. The van der Waals surface area contributed by atoms with Gasteiger partial charge in [-0.1, -0.05) is 0 Å². The molecule has 21 heavy (non-hydrogen) atoms. The number of hydrogen-bond acceptors (Lipinski definition) is 4. The lowest BCUT2D eigenvalue weighted by Gasteiger charge is -2.29. The minimum absolute atomic E-state index is 0.200. The highest BCUT2D eigenvalue weighted by Gasteiger charge is 2.26. The second-order valence-corrected chi connectivity index (χ2v) is 9.11. The van der Waals surface area contributed by atoms with Crippen LogP contribution in [0.3, 0.4) is 0 Å². The maximum atomic E-state index is 12.2. The third kappa shape index (κ3) is 3.91. The van der Waals surface area contributed by atoms with Crippen LogP contribution in [0.2, 0.25) is 0 Å². The molecule has 0 atom stereocenters. The van der Waals surface area contributed by atoms with Gasteiger partial charge in [0, 0.05) is 28.3 Å². The summed E-state index contributed by atoms with van der Waals surface area (Å²) in [5.41, 5.74) is 0.730. The van der Waals surface area contributed by atoms with Gasteiger partial charge in [0.05, 0.1) is 11.9 Å². The first-order valence-corrected chi connectivity index (χ1v) is 9.48. The van der Waals surface area contributed by atoms with Crippen LogP contribution in [-0.4, -0.2) is 38.4 Å². The van der Waals surface area contributed by atoms with Crippen LogP contribution in [0.4, 0.5) is 5.69 Å². The van der Waals surface area contributed by atoms with Gasteiger partial charge in [-0.15, -0.1) is 11.8 Å². The molecule has 1 aliphatic heterocycles. The molecule has 0 spiro atoms. The fourth-order valence-corrected chi connectivity index (χ4v) is 4.17. The molecule has 0 saturated heterocycles. The molecule has 1 aromatic rings. The van der Waals surface area contributed by atoms with Crippen molar-refractivity contribution < 1.29 is 13.2 Å². The third-order valence-corrected chi connectivity index (χ3v) is 5.15. The number of amides is 1. The Morgan fingerprint density at radius 1 is 1.33 bits per heavy atom. The van der Waals surface area contributed by atoms with Gasteiger partial charge in [-0.2, -0.15) is 0 Å². The summed E-state index contributed by atoms with van der Waals surface area (Å²) in [4.78, 5) is 13.1. The van der Waals surface area contributed by atoms with Crippen molar-refractivity contribution in [3.05, 3.63) is 23.8 Å². The molecular formula is C14H20N2O3S2. The molecule has 0 unspecified atom stereocenters. The number of sulfonamides is 1. The van der Waals surface area contributed by atoms with Crippen LogP contribution in [0.25, 0.3) is 0 Å². The van der Waals surface area contributed by atoms with Crippen LogP contribution >= 0.6 is 11.8 Å². The zero-order chi connectivity index (χ0) is 15.8. The molecule has 116 valence electrons. The van der Waals surface area contributed by atoms with Gasteiger partial charge in [-0.25, -0.2) is 8.42 Å². The highest BCUT2D eigenvalue weighted by molar-refractivity contribution is 8.00. The molecule has 0 radical (unpaired) electrons. The highest BCUT2D eigenvalue weighted by atomic mass is 32.2. The van der Waals surface area contributed by atoms with Crippen LogP contribution in [0, 0.1) is 0 Å².